The van der Waals surface area contributed by atoms with E-state index in [1.54, 1.807) is 6.92 Å². The summed E-state index contributed by atoms with van der Waals surface area (Å²) in [6.07, 6.45) is -4.64. The number of hydrogen-bond donors (Lipinski definition) is 2. The molecule has 1 rings (SSSR count). The third-order valence-corrected chi connectivity index (χ3v) is 2.48. The number of amides is 1. The van der Waals surface area contributed by atoms with Crippen LogP contribution >= 0.6 is 0 Å². The van der Waals surface area contributed by atoms with Crippen LogP contribution in [0.25, 0.3) is 0 Å². The van der Waals surface area contributed by atoms with Crippen molar-refractivity contribution in [1.29, 1.82) is 0 Å². The molecule has 0 unspecified atom stereocenters. The van der Waals surface area contributed by atoms with Crippen LogP contribution in [0.1, 0.15) is 22.3 Å². The van der Waals surface area contributed by atoms with Gasteiger partial charge in [-0.05, 0) is 30.7 Å². The highest BCUT2D eigenvalue weighted by Gasteiger charge is 2.27. The van der Waals surface area contributed by atoms with Crippen molar-refractivity contribution in [1.82, 2.24) is 0 Å². The smallest absolute Gasteiger partial charge is 0.411 e. The van der Waals surface area contributed by atoms with Crippen LogP contribution in [0.2, 0.25) is 0 Å². The molecule has 8 heteroatoms. The fraction of sp³-hybridized carbons (Fsp3) is 0.385. The SMILES string of the molecule is Cc1cc(NC(=O)CCOCC(F)(F)F)ccc1C(=O)O. The Kier molecular flexibility index (Phi) is 5.71. The molecule has 0 radical (unpaired) electrons. The number of hydrogen-bond acceptors (Lipinski definition) is 3. The lowest BCUT2D eigenvalue weighted by molar-refractivity contribution is -0.174. The molecule has 1 aromatic rings. The van der Waals surface area contributed by atoms with Crippen molar-refractivity contribution in [2.75, 3.05) is 18.5 Å². The highest BCUT2D eigenvalue weighted by atomic mass is 19.4. The second kappa shape index (κ2) is 7.07. The molecule has 2 N–H and O–H groups in total. The van der Waals surface area contributed by atoms with Gasteiger partial charge >= 0.3 is 12.1 Å². The molecule has 0 saturated heterocycles. The van der Waals surface area contributed by atoms with Gasteiger partial charge in [-0.25, -0.2) is 4.79 Å². The Labute approximate surface area is 118 Å². The van der Waals surface area contributed by atoms with E-state index >= 15 is 0 Å². The molecular formula is C13H14F3NO4. The van der Waals surface area contributed by atoms with Crippen LogP contribution in [-0.2, 0) is 9.53 Å². The van der Waals surface area contributed by atoms with Gasteiger partial charge in [0.25, 0.3) is 0 Å². The van der Waals surface area contributed by atoms with Gasteiger partial charge in [0.2, 0.25) is 5.91 Å². The van der Waals surface area contributed by atoms with Gasteiger partial charge in [-0.1, -0.05) is 0 Å². The average molecular weight is 305 g/mol. The molecule has 0 aromatic heterocycles. The van der Waals surface area contributed by atoms with Gasteiger partial charge in [0, 0.05) is 5.69 Å². The Balaban J connectivity index is 2.45. The monoisotopic (exact) mass is 305 g/mol. The molecule has 116 valence electrons. The number of carboxylic acids is 1. The van der Waals surface area contributed by atoms with E-state index < -0.39 is 24.7 Å². The van der Waals surface area contributed by atoms with Gasteiger partial charge in [-0.15, -0.1) is 0 Å². The van der Waals surface area contributed by atoms with E-state index in [0.29, 0.717) is 11.3 Å². The molecule has 1 amide bonds. The van der Waals surface area contributed by atoms with Gasteiger partial charge in [-0.2, -0.15) is 13.2 Å². The summed E-state index contributed by atoms with van der Waals surface area (Å²) in [6.45, 7) is -0.171. The van der Waals surface area contributed by atoms with E-state index in [2.05, 4.69) is 10.1 Å². The Morgan fingerprint density at radius 3 is 2.52 bits per heavy atom. The Morgan fingerprint density at radius 2 is 2.00 bits per heavy atom. The third-order valence-electron chi connectivity index (χ3n) is 2.48. The first kappa shape index (κ1) is 17.0. The molecule has 0 spiro atoms. The molecule has 0 aliphatic carbocycles. The molecule has 5 nitrogen and oxygen atoms in total. The maximum absolute atomic E-state index is 11.8. The molecule has 0 aliphatic rings. The summed E-state index contributed by atoms with van der Waals surface area (Å²) in [5.74, 6) is -1.59. The summed E-state index contributed by atoms with van der Waals surface area (Å²) in [6, 6.07) is 4.22. The lowest BCUT2D eigenvalue weighted by atomic mass is 10.1. The second-order valence-corrected chi connectivity index (χ2v) is 4.30. The molecule has 0 atom stereocenters. The largest absolute Gasteiger partial charge is 0.478 e. The van der Waals surface area contributed by atoms with E-state index in [-0.39, 0.29) is 18.6 Å². The summed E-state index contributed by atoms with van der Waals surface area (Å²) in [5.41, 5.74) is 0.952. The summed E-state index contributed by atoms with van der Waals surface area (Å²) < 4.78 is 39.7. The van der Waals surface area contributed by atoms with Crippen LogP contribution < -0.4 is 5.32 Å². The maximum atomic E-state index is 11.8. The number of nitrogens with one attached hydrogen (secondary N) is 1. The first-order valence-electron chi connectivity index (χ1n) is 5.97. The molecular weight excluding hydrogens is 291 g/mol. The number of halogens is 3. The summed E-state index contributed by atoms with van der Waals surface area (Å²) in [5, 5.41) is 11.3. The number of carbonyl (C=O) groups excluding carboxylic acids is 1. The average Bonchev–Trinajstić information content (AvgIpc) is 2.33. The van der Waals surface area contributed by atoms with Crippen LogP contribution in [-0.4, -0.2) is 36.4 Å². The number of rotatable bonds is 6. The zero-order valence-corrected chi connectivity index (χ0v) is 11.2. The fourth-order valence-electron chi connectivity index (χ4n) is 1.56. The van der Waals surface area contributed by atoms with Crippen molar-refractivity contribution in [2.24, 2.45) is 0 Å². The van der Waals surface area contributed by atoms with Crippen molar-refractivity contribution in [3.05, 3.63) is 29.3 Å². The van der Waals surface area contributed by atoms with Gasteiger partial charge in [-0.3, -0.25) is 4.79 Å². The predicted molar refractivity (Wildman–Crippen MR) is 68.3 cm³/mol. The number of ether oxygens (including phenoxy) is 1. The lowest BCUT2D eigenvalue weighted by Gasteiger charge is -2.09. The third kappa shape index (κ3) is 6.26. The summed E-state index contributed by atoms with van der Waals surface area (Å²) >= 11 is 0. The van der Waals surface area contributed by atoms with E-state index in [4.69, 9.17) is 5.11 Å². The van der Waals surface area contributed by atoms with E-state index in [0.717, 1.165) is 0 Å². The van der Waals surface area contributed by atoms with Crippen molar-refractivity contribution >= 4 is 17.6 Å². The maximum Gasteiger partial charge on any atom is 0.411 e. The minimum absolute atomic E-state index is 0.113. The minimum atomic E-state index is -4.42. The number of benzene rings is 1. The fourth-order valence-corrected chi connectivity index (χ4v) is 1.56. The van der Waals surface area contributed by atoms with E-state index in [1.165, 1.54) is 18.2 Å². The normalized spacial score (nSPS) is 11.2. The molecule has 1 aromatic carbocycles. The minimum Gasteiger partial charge on any atom is -0.478 e. The van der Waals surface area contributed by atoms with Crippen LogP contribution in [0.15, 0.2) is 18.2 Å². The quantitative estimate of drug-likeness (QED) is 0.792. The summed E-state index contributed by atoms with van der Waals surface area (Å²) in [4.78, 5) is 22.3. The van der Waals surface area contributed by atoms with Gasteiger partial charge in [0.1, 0.15) is 6.61 Å². The van der Waals surface area contributed by atoms with Gasteiger partial charge in [0.05, 0.1) is 18.6 Å². The van der Waals surface area contributed by atoms with Crippen LogP contribution in [0.3, 0.4) is 0 Å². The molecule has 0 bridgehead atoms. The first-order valence-corrected chi connectivity index (χ1v) is 5.97. The molecule has 0 saturated carbocycles. The molecule has 0 heterocycles. The Hall–Kier alpha value is -2.09. The number of aryl methyl sites for hydroxylation is 1. The van der Waals surface area contributed by atoms with E-state index in [1.807, 2.05) is 0 Å². The number of alkyl halides is 3. The topological polar surface area (TPSA) is 75.6 Å². The summed E-state index contributed by atoms with van der Waals surface area (Å²) in [7, 11) is 0. The van der Waals surface area contributed by atoms with Gasteiger partial charge in [0.15, 0.2) is 0 Å². The van der Waals surface area contributed by atoms with Crippen molar-refractivity contribution in [3.63, 3.8) is 0 Å². The number of carbonyl (C=O) groups is 2. The van der Waals surface area contributed by atoms with Crippen LogP contribution in [0.5, 0.6) is 0 Å². The van der Waals surface area contributed by atoms with Crippen LogP contribution in [0.4, 0.5) is 18.9 Å². The molecule has 21 heavy (non-hydrogen) atoms. The Bertz CT molecular complexity index is 529. The standard InChI is InChI=1S/C13H14F3NO4/c1-8-6-9(2-3-10(8)12(19)20)17-11(18)4-5-21-7-13(14,15)16/h2-3,6H,4-5,7H2,1H3,(H,17,18)(H,19,20). The second-order valence-electron chi connectivity index (χ2n) is 4.30. The zero-order chi connectivity index (χ0) is 16.0. The predicted octanol–water partition coefficient (Wildman–Crippen LogP) is 2.60. The molecule has 0 fully saturated rings. The number of anilines is 1. The Morgan fingerprint density at radius 1 is 1.33 bits per heavy atom. The molecule has 0 aliphatic heterocycles. The van der Waals surface area contributed by atoms with Gasteiger partial charge < -0.3 is 15.2 Å². The zero-order valence-electron chi connectivity index (χ0n) is 11.2. The number of aromatic carboxylic acids is 1. The highest BCUT2D eigenvalue weighted by molar-refractivity contribution is 5.93. The number of carboxylic acid groups (broad SMARTS) is 1. The van der Waals surface area contributed by atoms with Crippen LogP contribution in [0, 0.1) is 6.92 Å². The highest BCUT2D eigenvalue weighted by Crippen LogP contribution is 2.16. The van der Waals surface area contributed by atoms with Crippen molar-refractivity contribution < 1.29 is 32.6 Å². The lowest BCUT2D eigenvalue weighted by Crippen LogP contribution is -2.20. The van der Waals surface area contributed by atoms with E-state index in [9.17, 15) is 22.8 Å². The van der Waals surface area contributed by atoms with Crippen molar-refractivity contribution in [2.45, 2.75) is 19.5 Å². The van der Waals surface area contributed by atoms with Crippen molar-refractivity contribution in [3.8, 4) is 0 Å². The first-order chi connectivity index (χ1) is 9.69.